The number of rotatable bonds is 3. The lowest BCUT2D eigenvalue weighted by Crippen LogP contribution is -2.23. The van der Waals surface area contributed by atoms with Crippen LogP contribution >= 0.6 is 12.2 Å². The van der Waals surface area contributed by atoms with E-state index in [0.717, 1.165) is 22.6 Å². The van der Waals surface area contributed by atoms with Crippen molar-refractivity contribution in [2.24, 2.45) is 7.05 Å². The van der Waals surface area contributed by atoms with Crippen LogP contribution in [0.25, 0.3) is 11.3 Å². The highest BCUT2D eigenvalue weighted by Crippen LogP contribution is 2.23. The van der Waals surface area contributed by atoms with Crippen molar-refractivity contribution >= 4 is 12.2 Å². The van der Waals surface area contributed by atoms with Crippen molar-refractivity contribution in [2.75, 3.05) is 7.11 Å². The van der Waals surface area contributed by atoms with Crippen LogP contribution in [0, 0.1) is 4.77 Å². The van der Waals surface area contributed by atoms with E-state index >= 15 is 0 Å². The Balaban J connectivity index is 2.74. The lowest BCUT2D eigenvalue weighted by Gasteiger charge is -2.11. The Kier molecular flexibility index (Phi) is 3.85. The van der Waals surface area contributed by atoms with Gasteiger partial charge in [0.1, 0.15) is 5.75 Å². The van der Waals surface area contributed by atoms with Crippen molar-refractivity contribution in [3.8, 4) is 17.0 Å². The van der Waals surface area contributed by atoms with Crippen LogP contribution in [0.15, 0.2) is 29.1 Å². The minimum absolute atomic E-state index is 0.0518. The molecule has 0 fully saturated rings. The molecular weight excluding hydrogens is 260 g/mol. The van der Waals surface area contributed by atoms with Crippen molar-refractivity contribution in [1.82, 2.24) is 9.55 Å². The number of benzene rings is 1. The summed E-state index contributed by atoms with van der Waals surface area (Å²) in [5.41, 5.74) is 2.35. The molecule has 1 N–H and O–H groups in total. The summed E-state index contributed by atoms with van der Waals surface area (Å²) in [4.78, 5) is 15.3. The molecule has 0 bridgehead atoms. The second kappa shape index (κ2) is 5.40. The van der Waals surface area contributed by atoms with Crippen molar-refractivity contribution in [3.63, 3.8) is 0 Å². The maximum atomic E-state index is 12.2. The number of methoxy groups -OCH3 is 1. The molecule has 1 aromatic heterocycles. The Morgan fingerprint density at radius 2 is 2.16 bits per heavy atom. The summed E-state index contributed by atoms with van der Waals surface area (Å²) in [5.74, 6) is 0.750. The van der Waals surface area contributed by atoms with E-state index in [4.69, 9.17) is 17.0 Å². The molecule has 2 rings (SSSR count). The maximum Gasteiger partial charge on any atom is 0.257 e. The molecule has 0 saturated heterocycles. The summed E-state index contributed by atoms with van der Waals surface area (Å²) >= 11 is 5.17. The van der Waals surface area contributed by atoms with Crippen LogP contribution in [0.5, 0.6) is 5.75 Å². The van der Waals surface area contributed by atoms with E-state index in [0.29, 0.717) is 11.2 Å². The third kappa shape index (κ3) is 2.46. The lowest BCUT2D eigenvalue weighted by atomic mass is 10.1. The highest BCUT2D eigenvalue weighted by atomic mass is 32.1. The molecule has 0 aliphatic heterocycles. The molecule has 2 aromatic rings. The molecule has 1 heterocycles. The Bertz CT molecular complexity index is 716. The topological polar surface area (TPSA) is 47.0 Å². The van der Waals surface area contributed by atoms with Gasteiger partial charge in [0, 0.05) is 18.2 Å². The van der Waals surface area contributed by atoms with Crippen molar-refractivity contribution in [2.45, 2.75) is 13.3 Å². The van der Waals surface area contributed by atoms with Gasteiger partial charge in [-0.25, -0.2) is 0 Å². The molecule has 100 valence electrons. The van der Waals surface area contributed by atoms with Gasteiger partial charge in [0.25, 0.3) is 5.56 Å². The molecule has 0 unspecified atom stereocenters. The van der Waals surface area contributed by atoms with Gasteiger partial charge in [-0.1, -0.05) is 19.1 Å². The first kappa shape index (κ1) is 13.5. The first-order chi connectivity index (χ1) is 9.08. The predicted octanol–water partition coefficient (Wildman–Crippen LogP) is 2.68. The first-order valence-electron chi connectivity index (χ1n) is 6.05. The average molecular weight is 276 g/mol. The Hall–Kier alpha value is -1.88. The van der Waals surface area contributed by atoms with E-state index < -0.39 is 0 Å². The summed E-state index contributed by atoms with van der Waals surface area (Å²) in [6, 6.07) is 7.58. The smallest absolute Gasteiger partial charge is 0.257 e. The van der Waals surface area contributed by atoms with Crippen molar-refractivity contribution < 1.29 is 4.74 Å². The summed E-state index contributed by atoms with van der Waals surface area (Å²) in [6.45, 7) is 1.96. The lowest BCUT2D eigenvalue weighted by molar-refractivity contribution is 0.415. The molecule has 1 aromatic carbocycles. The number of aromatic nitrogens is 2. The zero-order chi connectivity index (χ0) is 14.0. The van der Waals surface area contributed by atoms with Gasteiger partial charge < -0.3 is 9.72 Å². The summed E-state index contributed by atoms with van der Waals surface area (Å²) in [7, 11) is 3.29. The second-order valence-corrected chi connectivity index (χ2v) is 4.62. The fourth-order valence-corrected chi connectivity index (χ4v) is 2.21. The fraction of sp³-hybridized carbons (Fsp3) is 0.286. The quantitative estimate of drug-likeness (QED) is 0.877. The number of hydrogen-bond donors (Lipinski definition) is 1. The number of aromatic amines is 1. The fourth-order valence-electron chi connectivity index (χ4n) is 2.02. The number of nitrogens with one attached hydrogen (secondary N) is 1. The van der Waals surface area contributed by atoms with E-state index in [2.05, 4.69) is 4.98 Å². The van der Waals surface area contributed by atoms with Crippen LogP contribution in [0.1, 0.15) is 12.5 Å². The van der Waals surface area contributed by atoms with E-state index in [1.807, 2.05) is 31.2 Å². The summed E-state index contributed by atoms with van der Waals surface area (Å²) in [5, 5.41) is 0. The normalized spacial score (nSPS) is 10.5. The van der Waals surface area contributed by atoms with E-state index in [9.17, 15) is 4.79 Å². The Labute approximate surface area is 116 Å². The molecule has 4 nitrogen and oxygen atoms in total. The van der Waals surface area contributed by atoms with Gasteiger partial charge >= 0.3 is 0 Å². The molecular formula is C14H16N2O2S. The first-order valence-corrected chi connectivity index (χ1v) is 6.46. The van der Waals surface area contributed by atoms with Gasteiger partial charge in [-0.15, -0.1) is 0 Å². The Morgan fingerprint density at radius 3 is 2.79 bits per heavy atom. The molecule has 0 saturated carbocycles. The minimum Gasteiger partial charge on any atom is -0.497 e. The standard InChI is InChI=1S/C14H16N2O2S/c1-4-11-12(15-14(19)16(2)13(11)17)9-6-5-7-10(8-9)18-3/h5-8H,4H2,1-3H3,(H,15,19). The van der Waals surface area contributed by atoms with Crippen LogP contribution in [0.4, 0.5) is 0 Å². The Morgan fingerprint density at radius 1 is 1.42 bits per heavy atom. The molecule has 5 heteroatoms. The molecule has 0 amide bonds. The highest BCUT2D eigenvalue weighted by molar-refractivity contribution is 7.71. The molecule has 0 atom stereocenters. The monoisotopic (exact) mass is 276 g/mol. The third-order valence-corrected chi connectivity index (χ3v) is 3.49. The minimum atomic E-state index is -0.0518. The van der Waals surface area contributed by atoms with Crippen LogP contribution in [-0.2, 0) is 13.5 Å². The summed E-state index contributed by atoms with van der Waals surface area (Å²) in [6.07, 6.45) is 0.644. The van der Waals surface area contributed by atoms with Gasteiger partial charge in [0.2, 0.25) is 0 Å². The van der Waals surface area contributed by atoms with Crippen molar-refractivity contribution in [1.29, 1.82) is 0 Å². The molecule has 0 radical (unpaired) electrons. The second-order valence-electron chi connectivity index (χ2n) is 4.23. The highest BCUT2D eigenvalue weighted by Gasteiger charge is 2.11. The number of nitrogens with zero attached hydrogens (tertiary/aromatic N) is 1. The summed E-state index contributed by atoms with van der Waals surface area (Å²) < 4.78 is 7.08. The van der Waals surface area contributed by atoms with Gasteiger partial charge in [-0.05, 0) is 30.8 Å². The molecule has 19 heavy (non-hydrogen) atoms. The molecule has 0 aliphatic rings. The van der Waals surface area contributed by atoms with Gasteiger partial charge in [0.05, 0.1) is 12.8 Å². The maximum absolute atomic E-state index is 12.2. The number of hydrogen-bond acceptors (Lipinski definition) is 3. The zero-order valence-electron chi connectivity index (χ0n) is 11.2. The van der Waals surface area contributed by atoms with Crippen molar-refractivity contribution in [3.05, 3.63) is 45.0 Å². The van der Waals surface area contributed by atoms with E-state index in [1.165, 1.54) is 4.57 Å². The SMILES string of the molecule is CCc1c(-c2cccc(OC)c2)[nH]c(=S)n(C)c1=O. The average Bonchev–Trinajstić information content (AvgIpc) is 2.44. The van der Waals surface area contributed by atoms with Crippen LogP contribution in [0.2, 0.25) is 0 Å². The van der Waals surface area contributed by atoms with Gasteiger partial charge in [-0.2, -0.15) is 0 Å². The van der Waals surface area contributed by atoms with E-state index in [1.54, 1.807) is 14.2 Å². The number of ether oxygens (including phenoxy) is 1. The number of H-pyrrole nitrogens is 1. The zero-order valence-corrected chi connectivity index (χ0v) is 12.0. The van der Waals surface area contributed by atoms with Gasteiger partial charge in [-0.3, -0.25) is 9.36 Å². The molecule has 0 spiro atoms. The van der Waals surface area contributed by atoms with Crippen LogP contribution < -0.4 is 10.3 Å². The third-order valence-electron chi connectivity index (χ3n) is 3.11. The van der Waals surface area contributed by atoms with Crippen LogP contribution in [0.3, 0.4) is 0 Å². The van der Waals surface area contributed by atoms with Crippen LogP contribution in [-0.4, -0.2) is 16.7 Å². The largest absolute Gasteiger partial charge is 0.497 e. The molecule has 0 aliphatic carbocycles. The van der Waals surface area contributed by atoms with Gasteiger partial charge in [0.15, 0.2) is 4.77 Å². The predicted molar refractivity (Wildman–Crippen MR) is 78.2 cm³/mol. The van der Waals surface area contributed by atoms with E-state index in [-0.39, 0.29) is 5.56 Å².